The molecule has 0 atom stereocenters. The monoisotopic (exact) mass is 450 g/mol. The third-order valence-corrected chi connectivity index (χ3v) is 5.33. The Hall–Kier alpha value is -4.26. The summed E-state index contributed by atoms with van der Waals surface area (Å²) in [6.07, 6.45) is -2.53. The number of rotatable bonds is 6. The van der Waals surface area contributed by atoms with Crippen LogP contribution in [-0.4, -0.2) is 14.8 Å². The highest BCUT2D eigenvalue weighted by molar-refractivity contribution is 5.47. The van der Waals surface area contributed by atoms with Crippen LogP contribution < -0.4 is 16.0 Å². The first-order valence-corrected chi connectivity index (χ1v) is 9.85. The van der Waals surface area contributed by atoms with Gasteiger partial charge in [-0.2, -0.15) is 0 Å². The average molecular weight is 450 g/mol. The molecule has 4 rings (SSSR count). The van der Waals surface area contributed by atoms with Crippen LogP contribution in [0.2, 0.25) is 0 Å². The van der Waals surface area contributed by atoms with Crippen molar-refractivity contribution < 1.29 is 14.8 Å². The summed E-state index contributed by atoms with van der Waals surface area (Å²) in [5, 5.41) is 44.2. The first-order chi connectivity index (χ1) is 15.9. The highest BCUT2D eigenvalue weighted by Gasteiger charge is 2.37. The predicted molar refractivity (Wildman–Crippen MR) is 117 cm³/mol. The molecular weight excluding hydrogens is 432 g/mol. The molecule has 0 aromatic heterocycles. The molecule has 0 saturated carbocycles. The van der Waals surface area contributed by atoms with Gasteiger partial charge in [-0.05, 0) is 18.2 Å². The van der Waals surface area contributed by atoms with Crippen molar-refractivity contribution in [2.24, 2.45) is 0 Å². The minimum Gasteiger partial charge on any atom is -0.278 e. The lowest BCUT2D eigenvalue weighted by atomic mass is 10.0. The van der Waals surface area contributed by atoms with Crippen LogP contribution in [-0.2, 0) is 0 Å². The van der Waals surface area contributed by atoms with Gasteiger partial charge in [-0.25, -0.2) is 0 Å². The zero-order valence-corrected chi connectivity index (χ0v) is 17.0. The summed E-state index contributed by atoms with van der Waals surface area (Å²) >= 11 is 0. The van der Waals surface area contributed by atoms with Crippen LogP contribution in [0.15, 0.2) is 72.8 Å². The van der Waals surface area contributed by atoms with Gasteiger partial charge in [0.15, 0.2) is 0 Å². The number of benzene rings is 3. The smallest absolute Gasteiger partial charge is 0.275 e. The van der Waals surface area contributed by atoms with Crippen molar-refractivity contribution in [3.8, 4) is 0 Å². The Morgan fingerprint density at radius 1 is 0.485 bits per heavy atom. The van der Waals surface area contributed by atoms with Crippen LogP contribution in [0.4, 0.5) is 17.1 Å². The molecule has 0 unspecified atom stereocenters. The molecule has 1 aliphatic heterocycles. The van der Waals surface area contributed by atoms with Crippen LogP contribution in [0.3, 0.4) is 0 Å². The van der Waals surface area contributed by atoms with E-state index in [-0.39, 0.29) is 33.8 Å². The molecule has 0 amide bonds. The lowest BCUT2D eigenvalue weighted by molar-refractivity contribution is -0.386. The molecule has 1 aliphatic rings. The van der Waals surface area contributed by atoms with Crippen molar-refractivity contribution in [3.05, 3.63) is 120 Å². The van der Waals surface area contributed by atoms with Crippen molar-refractivity contribution >= 4 is 17.1 Å². The van der Waals surface area contributed by atoms with E-state index in [9.17, 15) is 30.3 Å². The van der Waals surface area contributed by atoms with E-state index >= 15 is 0 Å². The molecule has 0 radical (unpaired) electrons. The number of nitrogens with one attached hydrogen (secondary N) is 3. The van der Waals surface area contributed by atoms with Gasteiger partial charge in [-0.15, -0.1) is 0 Å². The van der Waals surface area contributed by atoms with E-state index in [2.05, 4.69) is 16.0 Å². The third-order valence-electron chi connectivity index (χ3n) is 5.33. The zero-order chi connectivity index (χ0) is 23.5. The highest BCUT2D eigenvalue weighted by Crippen LogP contribution is 2.35. The summed E-state index contributed by atoms with van der Waals surface area (Å²) in [7, 11) is 0. The van der Waals surface area contributed by atoms with Gasteiger partial charge in [0, 0.05) is 18.2 Å². The van der Waals surface area contributed by atoms with Crippen molar-refractivity contribution in [1.82, 2.24) is 16.0 Å². The Kier molecular flexibility index (Phi) is 6.04. The third kappa shape index (κ3) is 4.39. The van der Waals surface area contributed by atoms with E-state index < -0.39 is 33.3 Å². The molecule has 0 bridgehead atoms. The molecule has 12 heteroatoms. The Morgan fingerprint density at radius 2 is 0.727 bits per heavy atom. The van der Waals surface area contributed by atoms with E-state index in [0.29, 0.717) is 0 Å². The second-order valence-electron chi connectivity index (χ2n) is 7.25. The van der Waals surface area contributed by atoms with Gasteiger partial charge >= 0.3 is 0 Å². The van der Waals surface area contributed by atoms with Gasteiger partial charge in [-0.1, -0.05) is 36.4 Å². The van der Waals surface area contributed by atoms with Gasteiger partial charge < -0.3 is 0 Å². The molecule has 3 aromatic carbocycles. The molecule has 0 aliphatic carbocycles. The van der Waals surface area contributed by atoms with E-state index in [0.717, 1.165) is 0 Å². The Labute approximate surface area is 186 Å². The fourth-order valence-corrected chi connectivity index (χ4v) is 3.88. The molecule has 168 valence electrons. The van der Waals surface area contributed by atoms with E-state index in [1.807, 2.05) is 0 Å². The van der Waals surface area contributed by atoms with E-state index in [1.54, 1.807) is 36.4 Å². The standard InChI is InChI=1S/C21H18N6O6/c28-25(29)16-10-4-1-7-13(16)19-22-20(14-8-2-5-11-17(14)26(30)31)24-21(23-19)15-9-3-6-12-18(15)27(32)33/h1-12,19-24H. The number of nitrogens with zero attached hydrogens (tertiary/aromatic N) is 3. The summed E-state index contributed by atoms with van der Waals surface area (Å²) in [5.41, 5.74) is 0.384. The van der Waals surface area contributed by atoms with Crippen molar-refractivity contribution in [1.29, 1.82) is 0 Å². The maximum atomic E-state index is 11.6. The first kappa shape index (κ1) is 22.0. The summed E-state index contributed by atoms with van der Waals surface area (Å²) in [6.45, 7) is 0. The minimum absolute atomic E-state index is 0.160. The Bertz CT molecular complexity index is 1080. The molecule has 0 spiro atoms. The fraction of sp³-hybridized carbons (Fsp3) is 0.143. The van der Waals surface area contributed by atoms with Crippen molar-refractivity contribution in [2.45, 2.75) is 18.5 Å². The molecule has 1 saturated heterocycles. The van der Waals surface area contributed by atoms with Crippen LogP contribution in [0, 0.1) is 30.3 Å². The van der Waals surface area contributed by atoms with Crippen LogP contribution >= 0.6 is 0 Å². The molecule has 33 heavy (non-hydrogen) atoms. The number of nitro groups is 3. The highest BCUT2D eigenvalue weighted by atomic mass is 16.6. The molecule has 1 fully saturated rings. The van der Waals surface area contributed by atoms with Crippen molar-refractivity contribution in [3.63, 3.8) is 0 Å². The average Bonchev–Trinajstić information content (AvgIpc) is 2.83. The van der Waals surface area contributed by atoms with Gasteiger partial charge in [0.2, 0.25) is 0 Å². The topological polar surface area (TPSA) is 166 Å². The molecule has 3 aromatic rings. The van der Waals surface area contributed by atoms with Crippen LogP contribution in [0.1, 0.15) is 35.2 Å². The Morgan fingerprint density at radius 3 is 0.970 bits per heavy atom. The SMILES string of the molecule is O=[N+]([O-])c1ccccc1C1NC(c2ccccc2[N+](=O)[O-])NC(c2ccccc2[N+](=O)[O-])N1. The number of para-hydroxylation sites is 3. The summed E-state index contributed by atoms with van der Waals surface area (Å²) < 4.78 is 0. The fourth-order valence-electron chi connectivity index (χ4n) is 3.88. The van der Waals surface area contributed by atoms with Crippen molar-refractivity contribution in [2.75, 3.05) is 0 Å². The summed E-state index contributed by atoms with van der Waals surface area (Å²) in [6, 6.07) is 18.2. The van der Waals surface area contributed by atoms with Crippen LogP contribution in [0.5, 0.6) is 0 Å². The summed E-state index contributed by atoms with van der Waals surface area (Å²) in [5.74, 6) is 0. The maximum absolute atomic E-state index is 11.6. The zero-order valence-electron chi connectivity index (χ0n) is 17.0. The number of hydrogen-bond donors (Lipinski definition) is 3. The van der Waals surface area contributed by atoms with Gasteiger partial charge in [0.05, 0.1) is 50.0 Å². The van der Waals surface area contributed by atoms with Gasteiger partial charge in [-0.3, -0.25) is 46.3 Å². The summed E-state index contributed by atoms with van der Waals surface area (Å²) in [4.78, 5) is 33.2. The van der Waals surface area contributed by atoms with Gasteiger partial charge in [0.25, 0.3) is 17.1 Å². The van der Waals surface area contributed by atoms with Gasteiger partial charge in [0.1, 0.15) is 0 Å². The first-order valence-electron chi connectivity index (χ1n) is 9.85. The largest absolute Gasteiger partial charge is 0.278 e. The quantitative estimate of drug-likeness (QED) is 0.376. The maximum Gasteiger partial charge on any atom is 0.275 e. The second-order valence-corrected chi connectivity index (χ2v) is 7.25. The number of hydrogen-bond acceptors (Lipinski definition) is 9. The molecular formula is C21H18N6O6. The molecule has 3 N–H and O–H groups in total. The predicted octanol–water partition coefficient (Wildman–Crippen LogP) is 3.59. The molecule has 1 heterocycles. The van der Waals surface area contributed by atoms with E-state index in [4.69, 9.17) is 0 Å². The lowest BCUT2D eigenvalue weighted by Crippen LogP contribution is -2.54. The lowest BCUT2D eigenvalue weighted by Gasteiger charge is -2.38. The van der Waals surface area contributed by atoms with E-state index in [1.165, 1.54) is 36.4 Å². The number of nitro benzene ring substituents is 3. The second kappa shape index (κ2) is 9.08. The molecule has 12 nitrogen and oxygen atoms in total. The normalized spacial score (nSPS) is 20.2. The van der Waals surface area contributed by atoms with Crippen LogP contribution in [0.25, 0.3) is 0 Å². The Balaban J connectivity index is 1.83. The minimum atomic E-state index is -0.845.